The first kappa shape index (κ1) is 17.2. The molecular formula is C17H33N3. The Bertz CT molecular complexity index is 346. The van der Waals surface area contributed by atoms with E-state index in [1.165, 1.54) is 44.1 Å². The second-order valence-electron chi connectivity index (χ2n) is 5.93. The Balaban J connectivity index is 2.52. The monoisotopic (exact) mass is 279 g/mol. The van der Waals surface area contributed by atoms with E-state index >= 15 is 0 Å². The van der Waals surface area contributed by atoms with Crippen molar-refractivity contribution in [2.45, 2.75) is 71.8 Å². The quantitative estimate of drug-likeness (QED) is 0.665. The molecule has 1 rings (SSSR count). The second kappa shape index (κ2) is 9.98. The molecule has 0 aliphatic heterocycles. The normalized spacial score (nSPS) is 14.4. The van der Waals surface area contributed by atoms with E-state index in [0.29, 0.717) is 6.04 Å². The average Bonchev–Trinajstić information content (AvgIpc) is 2.87. The number of hydrogen-bond donors (Lipinski definition) is 1. The van der Waals surface area contributed by atoms with Gasteiger partial charge in [0.05, 0.1) is 6.20 Å². The Morgan fingerprint density at radius 2 is 2.00 bits per heavy atom. The molecule has 2 atom stereocenters. The van der Waals surface area contributed by atoms with Gasteiger partial charge in [0.15, 0.2) is 0 Å². The first-order chi connectivity index (χ1) is 9.71. The maximum atomic E-state index is 4.27. The molecule has 2 unspecified atom stereocenters. The fraction of sp³-hybridized carbons (Fsp3) is 0.824. The predicted octanol–water partition coefficient (Wildman–Crippen LogP) is 3.94. The van der Waals surface area contributed by atoms with Crippen LogP contribution < -0.4 is 5.32 Å². The first-order valence-electron chi connectivity index (χ1n) is 8.42. The van der Waals surface area contributed by atoms with E-state index in [2.05, 4.69) is 37.4 Å². The maximum Gasteiger partial charge on any atom is 0.0521 e. The molecular weight excluding hydrogens is 246 g/mol. The lowest BCUT2D eigenvalue weighted by molar-refractivity contribution is 0.303. The van der Waals surface area contributed by atoms with Gasteiger partial charge < -0.3 is 5.32 Å². The van der Waals surface area contributed by atoms with E-state index in [9.17, 15) is 0 Å². The Labute approximate surface area is 125 Å². The minimum atomic E-state index is 0.659. The van der Waals surface area contributed by atoms with Crippen molar-refractivity contribution in [3.63, 3.8) is 0 Å². The molecule has 20 heavy (non-hydrogen) atoms. The van der Waals surface area contributed by atoms with E-state index in [0.717, 1.165) is 18.9 Å². The number of nitrogens with one attached hydrogen (secondary N) is 1. The van der Waals surface area contributed by atoms with Crippen molar-refractivity contribution in [2.75, 3.05) is 6.54 Å². The van der Waals surface area contributed by atoms with Crippen LogP contribution in [0.3, 0.4) is 0 Å². The lowest BCUT2D eigenvalue weighted by Gasteiger charge is -2.27. The van der Waals surface area contributed by atoms with E-state index < -0.39 is 0 Å². The zero-order chi connectivity index (χ0) is 14.8. The highest BCUT2D eigenvalue weighted by Gasteiger charge is 2.18. The summed E-state index contributed by atoms with van der Waals surface area (Å²) >= 11 is 0. The van der Waals surface area contributed by atoms with Gasteiger partial charge in [-0.05, 0) is 43.7 Å². The SMILES string of the molecule is CCCCC(CC)C(CCc1cnn(C)c1)NCCC. The van der Waals surface area contributed by atoms with Gasteiger partial charge in [-0.25, -0.2) is 0 Å². The number of hydrogen-bond acceptors (Lipinski definition) is 2. The Morgan fingerprint density at radius 1 is 1.20 bits per heavy atom. The zero-order valence-electron chi connectivity index (χ0n) is 13.9. The summed E-state index contributed by atoms with van der Waals surface area (Å²) in [5.74, 6) is 0.818. The molecule has 116 valence electrons. The summed E-state index contributed by atoms with van der Waals surface area (Å²) in [7, 11) is 1.99. The van der Waals surface area contributed by atoms with Crippen molar-refractivity contribution in [3.8, 4) is 0 Å². The summed E-state index contributed by atoms with van der Waals surface area (Å²) in [6.07, 6.45) is 13.0. The molecule has 0 amide bonds. The van der Waals surface area contributed by atoms with Crippen molar-refractivity contribution in [2.24, 2.45) is 13.0 Å². The van der Waals surface area contributed by atoms with Gasteiger partial charge in [0.2, 0.25) is 0 Å². The van der Waals surface area contributed by atoms with Gasteiger partial charge >= 0.3 is 0 Å². The molecule has 1 aromatic rings. The lowest BCUT2D eigenvalue weighted by atomic mass is 9.88. The third-order valence-electron chi connectivity index (χ3n) is 4.18. The molecule has 3 nitrogen and oxygen atoms in total. The molecule has 0 bridgehead atoms. The van der Waals surface area contributed by atoms with Gasteiger partial charge in [-0.3, -0.25) is 4.68 Å². The zero-order valence-corrected chi connectivity index (χ0v) is 13.9. The fourth-order valence-corrected chi connectivity index (χ4v) is 2.91. The van der Waals surface area contributed by atoms with Crippen LogP contribution in [0.2, 0.25) is 0 Å². The molecule has 0 radical (unpaired) electrons. The van der Waals surface area contributed by atoms with E-state index in [1.54, 1.807) is 0 Å². The van der Waals surface area contributed by atoms with Crippen LogP contribution in [0.25, 0.3) is 0 Å². The summed E-state index contributed by atoms with van der Waals surface area (Å²) in [5.41, 5.74) is 1.36. The van der Waals surface area contributed by atoms with Gasteiger partial charge in [0.1, 0.15) is 0 Å². The number of nitrogens with zero attached hydrogens (tertiary/aromatic N) is 2. The third-order valence-corrected chi connectivity index (χ3v) is 4.18. The highest BCUT2D eigenvalue weighted by molar-refractivity contribution is 5.04. The average molecular weight is 279 g/mol. The smallest absolute Gasteiger partial charge is 0.0521 e. The van der Waals surface area contributed by atoms with Crippen LogP contribution in [0.5, 0.6) is 0 Å². The molecule has 0 aromatic carbocycles. The molecule has 1 N–H and O–H groups in total. The maximum absolute atomic E-state index is 4.27. The summed E-state index contributed by atoms with van der Waals surface area (Å²) in [6.45, 7) is 8.01. The Hall–Kier alpha value is -0.830. The first-order valence-corrected chi connectivity index (χ1v) is 8.42. The molecule has 1 aromatic heterocycles. The van der Waals surface area contributed by atoms with Gasteiger partial charge in [0.25, 0.3) is 0 Å². The van der Waals surface area contributed by atoms with Gasteiger partial charge in [-0.15, -0.1) is 0 Å². The summed E-state index contributed by atoms with van der Waals surface area (Å²) in [5, 5.41) is 8.05. The minimum absolute atomic E-state index is 0.659. The highest BCUT2D eigenvalue weighted by Crippen LogP contribution is 2.21. The van der Waals surface area contributed by atoms with Crippen LogP contribution in [0.1, 0.15) is 64.9 Å². The largest absolute Gasteiger partial charge is 0.314 e. The second-order valence-corrected chi connectivity index (χ2v) is 5.93. The molecule has 0 aliphatic carbocycles. The van der Waals surface area contributed by atoms with Gasteiger partial charge in [0, 0.05) is 19.3 Å². The Morgan fingerprint density at radius 3 is 2.55 bits per heavy atom. The van der Waals surface area contributed by atoms with Crippen LogP contribution in [-0.2, 0) is 13.5 Å². The molecule has 3 heteroatoms. The predicted molar refractivity (Wildman–Crippen MR) is 86.9 cm³/mol. The molecule has 0 spiro atoms. The minimum Gasteiger partial charge on any atom is -0.314 e. The summed E-state index contributed by atoms with van der Waals surface area (Å²) < 4.78 is 1.90. The number of unbranched alkanes of at least 4 members (excludes halogenated alkanes) is 1. The lowest BCUT2D eigenvalue weighted by Crippen LogP contribution is -2.37. The van der Waals surface area contributed by atoms with Crippen LogP contribution >= 0.6 is 0 Å². The topological polar surface area (TPSA) is 29.9 Å². The van der Waals surface area contributed by atoms with Crippen molar-refractivity contribution in [3.05, 3.63) is 18.0 Å². The van der Waals surface area contributed by atoms with E-state index in [1.807, 2.05) is 17.9 Å². The number of aryl methyl sites for hydroxylation is 2. The van der Waals surface area contributed by atoms with Crippen LogP contribution in [-0.4, -0.2) is 22.4 Å². The van der Waals surface area contributed by atoms with E-state index in [-0.39, 0.29) is 0 Å². The summed E-state index contributed by atoms with van der Waals surface area (Å²) in [4.78, 5) is 0. The van der Waals surface area contributed by atoms with Crippen molar-refractivity contribution >= 4 is 0 Å². The van der Waals surface area contributed by atoms with Crippen molar-refractivity contribution in [1.82, 2.24) is 15.1 Å². The fourth-order valence-electron chi connectivity index (χ4n) is 2.91. The van der Waals surface area contributed by atoms with Crippen molar-refractivity contribution in [1.29, 1.82) is 0 Å². The number of rotatable bonds is 11. The molecule has 0 fully saturated rings. The van der Waals surface area contributed by atoms with Gasteiger partial charge in [-0.2, -0.15) is 5.10 Å². The molecule has 1 heterocycles. The van der Waals surface area contributed by atoms with Crippen LogP contribution in [0.15, 0.2) is 12.4 Å². The molecule has 0 saturated carbocycles. The summed E-state index contributed by atoms with van der Waals surface area (Å²) in [6, 6.07) is 0.659. The standard InChI is InChI=1S/C17H33N3/c1-5-8-9-16(7-3)17(18-12-6-2)11-10-15-13-19-20(4)14-15/h13-14,16-18H,5-12H2,1-4H3. The molecule has 0 saturated heterocycles. The third kappa shape index (κ3) is 6.08. The van der Waals surface area contributed by atoms with E-state index in [4.69, 9.17) is 0 Å². The van der Waals surface area contributed by atoms with Crippen LogP contribution in [0.4, 0.5) is 0 Å². The van der Waals surface area contributed by atoms with Gasteiger partial charge in [-0.1, -0.05) is 40.0 Å². The van der Waals surface area contributed by atoms with Crippen molar-refractivity contribution < 1.29 is 0 Å². The van der Waals surface area contributed by atoms with Crippen LogP contribution in [0, 0.1) is 5.92 Å². The highest BCUT2D eigenvalue weighted by atomic mass is 15.2. The Kier molecular flexibility index (Phi) is 8.59. The molecule has 0 aliphatic rings. The number of aromatic nitrogens is 2.